The second kappa shape index (κ2) is 6.18. The largest absolute Gasteiger partial charge is 0.370 e. The molecule has 6 heteroatoms. The number of guanidine groups is 1. The van der Waals surface area contributed by atoms with Crippen LogP contribution in [-0.4, -0.2) is 21.1 Å². The van der Waals surface area contributed by atoms with Crippen molar-refractivity contribution in [3.05, 3.63) is 41.5 Å². The third-order valence-corrected chi connectivity index (χ3v) is 2.76. The minimum atomic E-state index is 0.298. The van der Waals surface area contributed by atoms with E-state index in [1.165, 1.54) is 5.56 Å². The van der Waals surface area contributed by atoms with E-state index in [0.717, 1.165) is 11.5 Å². The van der Waals surface area contributed by atoms with Gasteiger partial charge in [-0.25, -0.2) is 9.98 Å². The van der Waals surface area contributed by atoms with E-state index in [4.69, 9.17) is 5.73 Å². The van der Waals surface area contributed by atoms with E-state index < -0.39 is 0 Å². The van der Waals surface area contributed by atoms with Crippen molar-refractivity contribution in [2.45, 2.75) is 33.2 Å². The molecule has 20 heavy (non-hydrogen) atoms. The maximum absolute atomic E-state index is 5.85. The van der Waals surface area contributed by atoms with E-state index in [9.17, 15) is 0 Å². The van der Waals surface area contributed by atoms with Gasteiger partial charge >= 0.3 is 0 Å². The molecule has 0 saturated carbocycles. The number of hydrogen-bond donors (Lipinski definition) is 3. The molecule has 2 aromatic rings. The Kier molecular flexibility index (Phi) is 4.34. The number of benzene rings is 1. The van der Waals surface area contributed by atoms with Gasteiger partial charge in [0.1, 0.15) is 12.4 Å². The van der Waals surface area contributed by atoms with Gasteiger partial charge in [0, 0.05) is 11.6 Å². The van der Waals surface area contributed by atoms with Crippen LogP contribution in [-0.2, 0) is 6.54 Å². The van der Waals surface area contributed by atoms with E-state index in [1.807, 2.05) is 45.0 Å². The number of aryl methyl sites for hydroxylation is 1. The van der Waals surface area contributed by atoms with Crippen LogP contribution in [0, 0.1) is 6.92 Å². The maximum atomic E-state index is 5.85. The molecule has 0 unspecified atom stereocenters. The van der Waals surface area contributed by atoms with Crippen molar-refractivity contribution in [3.8, 4) is 0 Å². The van der Waals surface area contributed by atoms with Gasteiger partial charge in [0.25, 0.3) is 0 Å². The highest BCUT2D eigenvalue weighted by molar-refractivity contribution is 5.92. The molecular formula is C14H20N6. The summed E-state index contributed by atoms with van der Waals surface area (Å²) in [5.74, 6) is 2.16. The minimum absolute atomic E-state index is 0.298. The van der Waals surface area contributed by atoms with Gasteiger partial charge in [0.2, 0.25) is 0 Å². The van der Waals surface area contributed by atoms with Crippen molar-refractivity contribution in [1.82, 2.24) is 15.2 Å². The summed E-state index contributed by atoms with van der Waals surface area (Å²) in [5.41, 5.74) is 7.94. The Hall–Kier alpha value is -2.37. The Morgan fingerprint density at radius 1 is 1.45 bits per heavy atom. The summed E-state index contributed by atoms with van der Waals surface area (Å²) in [6, 6.07) is 7.95. The second-order valence-electron chi connectivity index (χ2n) is 4.99. The fourth-order valence-corrected chi connectivity index (χ4v) is 1.71. The molecule has 0 aliphatic rings. The van der Waals surface area contributed by atoms with Crippen LogP contribution in [0.5, 0.6) is 0 Å². The van der Waals surface area contributed by atoms with Crippen molar-refractivity contribution in [1.29, 1.82) is 0 Å². The quantitative estimate of drug-likeness (QED) is 0.587. The molecule has 1 heterocycles. The first-order chi connectivity index (χ1) is 9.54. The molecule has 1 aromatic carbocycles. The number of aromatic amines is 1. The zero-order valence-corrected chi connectivity index (χ0v) is 12.0. The van der Waals surface area contributed by atoms with Gasteiger partial charge in [-0.2, -0.15) is 5.10 Å². The number of aliphatic imine (C=N–C) groups is 1. The third kappa shape index (κ3) is 3.81. The molecular weight excluding hydrogens is 252 g/mol. The summed E-state index contributed by atoms with van der Waals surface area (Å²) in [6.45, 7) is 6.50. The zero-order valence-electron chi connectivity index (χ0n) is 12.0. The number of hydrogen-bond acceptors (Lipinski definition) is 3. The molecule has 0 amide bonds. The SMILES string of the molecule is Cc1cccc(NC(N)=NCc2nc(C(C)C)n[nH]2)c1. The smallest absolute Gasteiger partial charge is 0.193 e. The number of H-pyrrole nitrogens is 1. The van der Waals surface area contributed by atoms with Crippen LogP contribution in [0.15, 0.2) is 29.3 Å². The van der Waals surface area contributed by atoms with Crippen LogP contribution in [0.2, 0.25) is 0 Å². The van der Waals surface area contributed by atoms with Gasteiger partial charge in [-0.05, 0) is 24.6 Å². The number of anilines is 1. The highest BCUT2D eigenvalue weighted by Gasteiger charge is 2.06. The average molecular weight is 272 g/mol. The summed E-state index contributed by atoms with van der Waals surface area (Å²) in [6.07, 6.45) is 0. The first kappa shape index (κ1) is 14.0. The van der Waals surface area contributed by atoms with Gasteiger partial charge < -0.3 is 11.1 Å². The highest BCUT2D eigenvalue weighted by Crippen LogP contribution is 2.10. The number of nitrogens with one attached hydrogen (secondary N) is 2. The maximum Gasteiger partial charge on any atom is 0.193 e. The van der Waals surface area contributed by atoms with Gasteiger partial charge in [-0.15, -0.1) is 0 Å². The molecule has 6 nitrogen and oxygen atoms in total. The predicted octanol–water partition coefficient (Wildman–Crippen LogP) is 2.16. The van der Waals surface area contributed by atoms with E-state index in [0.29, 0.717) is 24.2 Å². The number of rotatable bonds is 4. The van der Waals surface area contributed by atoms with Crippen LogP contribution in [0.25, 0.3) is 0 Å². The van der Waals surface area contributed by atoms with Crippen LogP contribution in [0.4, 0.5) is 5.69 Å². The third-order valence-electron chi connectivity index (χ3n) is 2.76. The van der Waals surface area contributed by atoms with E-state index >= 15 is 0 Å². The molecule has 4 N–H and O–H groups in total. The van der Waals surface area contributed by atoms with Crippen LogP contribution < -0.4 is 11.1 Å². The fraction of sp³-hybridized carbons (Fsp3) is 0.357. The van der Waals surface area contributed by atoms with Crippen LogP contribution in [0.1, 0.15) is 37.0 Å². The monoisotopic (exact) mass is 272 g/mol. The molecule has 0 fully saturated rings. The molecule has 0 aliphatic carbocycles. The average Bonchev–Trinajstić information content (AvgIpc) is 2.85. The Labute approximate surface area is 118 Å². The van der Waals surface area contributed by atoms with Gasteiger partial charge in [-0.3, -0.25) is 5.10 Å². The lowest BCUT2D eigenvalue weighted by molar-refractivity contribution is 0.780. The molecule has 106 valence electrons. The molecule has 0 atom stereocenters. The first-order valence-corrected chi connectivity index (χ1v) is 6.59. The Morgan fingerprint density at radius 3 is 2.90 bits per heavy atom. The molecule has 0 spiro atoms. The molecule has 0 bridgehead atoms. The number of nitrogens with two attached hydrogens (primary N) is 1. The summed E-state index contributed by atoms with van der Waals surface area (Å²) in [4.78, 5) is 8.59. The lowest BCUT2D eigenvalue weighted by Crippen LogP contribution is -2.22. The van der Waals surface area contributed by atoms with Crippen molar-refractivity contribution >= 4 is 11.6 Å². The molecule has 0 radical (unpaired) electrons. The summed E-state index contributed by atoms with van der Waals surface area (Å²) in [7, 11) is 0. The van der Waals surface area contributed by atoms with Gasteiger partial charge in [0.05, 0.1) is 0 Å². The van der Waals surface area contributed by atoms with Crippen LogP contribution >= 0.6 is 0 Å². The standard InChI is InChI=1S/C14H20N6/c1-9(2)13-18-12(19-20-13)8-16-14(15)17-11-6-4-5-10(3)7-11/h4-7,9H,8H2,1-3H3,(H3,15,16,17)(H,18,19,20). The molecule has 0 aliphatic heterocycles. The zero-order chi connectivity index (χ0) is 14.5. The highest BCUT2D eigenvalue weighted by atomic mass is 15.2. The first-order valence-electron chi connectivity index (χ1n) is 6.59. The van der Waals surface area contributed by atoms with Gasteiger partial charge in [0.15, 0.2) is 11.8 Å². The van der Waals surface area contributed by atoms with Crippen LogP contribution in [0.3, 0.4) is 0 Å². The fourth-order valence-electron chi connectivity index (χ4n) is 1.71. The summed E-state index contributed by atoms with van der Waals surface area (Å²) < 4.78 is 0. The number of nitrogens with zero attached hydrogens (tertiary/aromatic N) is 3. The predicted molar refractivity (Wildman–Crippen MR) is 80.6 cm³/mol. The summed E-state index contributed by atoms with van der Waals surface area (Å²) in [5, 5.41) is 10.0. The molecule has 0 saturated heterocycles. The van der Waals surface area contributed by atoms with Crippen molar-refractivity contribution in [2.24, 2.45) is 10.7 Å². The lowest BCUT2D eigenvalue weighted by atomic mass is 10.2. The Bertz CT molecular complexity index is 599. The van der Waals surface area contributed by atoms with Crippen molar-refractivity contribution < 1.29 is 0 Å². The summed E-state index contributed by atoms with van der Waals surface area (Å²) >= 11 is 0. The van der Waals surface area contributed by atoms with E-state index in [2.05, 4.69) is 25.5 Å². The molecule has 1 aromatic heterocycles. The van der Waals surface area contributed by atoms with Gasteiger partial charge in [-0.1, -0.05) is 26.0 Å². The minimum Gasteiger partial charge on any atom is -0.370 e. The molecule has 2 rings (SSSR count). The van der Waals surface area contributed by atoms with E-state index in [-0.39, 0.29) is 0 Å². The van der Waals surface area contributed by atoms with E-state index in [1.54, 1.807) is 0 Å². The normalized spacial score (nSPS) is 11.9. The topological polar surface area (TPSA) is 92.0 Å². The Balaban J connectivity index is 1.96. The number of aromatic nitrogens is 3. The van der Waals surface area contributed by atoms with Crippen molar-refractivity contribution in [2.75, 3.05) is 5.32 Å². The Morgan fingerprint density at radius 2 is 2.25 bits per heavy atom. The second-order valence-corrected chi connectivity index (χ2v) is 4.99. The lowest BCUT2D eigenvalue weighted by Gasteiger charge is -2.05. The van der Waals surface area contributed by atoms with Crippen molar-refractivity contribution in [3.63, 3.8) is 0 Å².